The summed E-state index contributed by atoms with van der Waals surface area (Å²) >= 11 is 1.56. The van der Waals surface area contributed by atoms with E-state index in [1.807, 2.05) is 30.3 Å². The number of thioether (sulfide) groups is 1. The van der Waals surface area contributed by atoms with E-state index in [0.29, 0.717) is 23.4 Å². The van der Waals surface area contributed by atoms with Crippen molar-refractivity contribution in [1.82, 2.24) is 0 Å². The second-order valence-corrected chi connectivity index (χ2v) is 12.3. The predicted octanol–water partition coefficient (Wildman–Crippen LogP) is 6.02. The second-order valence-electron chi connectivity index (χ2n) is 9.53. The molecule has 0 aromatic heterocycles. The van der Waals surface area contributed by atoms with Crippen molar-refractivity contribution in [1.29, 1.82) is 0 Å². The zero-order chi connectivity index (χ0) is 28.8. The van der Waals surface area contributed by atoms with Gasteiger partial charge in [-0.1, -0.05) is 54.6 Å². The monoisotopic (exact) mass is 591 g/mol. The first-order chi connectivity index (χ1) is 19.8. The lowest BCUT2D eigenvalue weighted by atomic mass is 10.0. The lowest BCUT2D eigenvalue weighted by Crippen LogP contribution is -2.31. The van der Waals surface area contributed by atoms with Crippen LogP contribution in [0.5, 0.6) is 0 Å². The van der Waals surface area contributed by atoms with Crippen molar-refractivity contribution >= 4 is 33.4 Å². The highest BCUT2D eigenvalue weighted by atomic mass is 32.2. The molecule has 3 N–H and O–H groups in total. The highest BCUT2D eigenvalue weighted by molar-refractivity contribution is 7.99. The number of carboxylic acids is 1. The number of carboxylic acid groups (broad SMARTS) is 1. The molecule has 212 valence electrons. The van der Waals surface area contributed by atoms with Gasteiger partial charge in [-0.3, -0.25) is 4.72 Å². The third-order valence-corrected chi connectivity index (χ3v) is 9.16. The Balaban J connectivity index is 1.36. The number of aliphatic hydroxyl groups excluding tert-OH is 1. The molecule has 1 saturated heterocycles. The minimum Gasteiger partial charge on any atom is -0.478 e. The van der Waals surface area contributed by atoms with Gasteiger partial charge in [0.05, 0.1) is 29.3 Å². The molecule has 1 aliphatic heterocycles. The summed E-state index contributed by atoms with van der Waals surface area (Å²) in [5.74, 6) is -0.377. The van der Waals surface area contributed by atoms with Gasteiger partial charge in [-0.15, -0.1) is 11.8 Å². The molecule has 0 aliphatic carbocycles. The first-order valence-corrected chi connectivity index (χ1v) is 15.4. The fourth-order valence-corrected chi connectivity index (χ4v) is 6.46. The lowest BCUT2D eigenvalue weighted by molar-refractivity contribution is -0.245. The van der Waals surface area contributed by atoms with Crippen LogP contribution in [-0.4, -0.2) is 36.5 Å². The molecule has 1 fully saturated rings. The van der Waals surface area contributed by atoms with Crippen LogP contribution in [0.3, 0.4) is 0 Å². The minimum absolute atomic E-state index is 0.0524. The summed E-state index contributed by atoms with van der Waals surface area (Å²) in [5.41, 5.74) is 3.02. The molecule has 3 atom stereocenters. The summed E-state index contributed by atoms with van der Waals surface area (Å²) in [4.78, 5) is 12.3. The van der Waals surface area contributed by atoms with E-state index in [0.717, 1.165) is 16.0 Å². The Hall–Kier alpha value is -3.67. The summed E-state index contributed by atoms with van der Waals surface area (Å²) in [6, 6.07) is 29.4. The van der Waals surface area contributed by atoms with Crippen molar-refractivity contribution in [3.63, 3.8) is 0 Å². The van der Waals surface area contributed by atoms with Gasteiger partial charge in [0.2, 0.25) is 0 Å². The number of aromatic carboxylic acids is 1. The first kappa shape index (κ1) is 28.8. The molecule has 1 aliphatic rings. The Kier molecular flexibility index (Phi) is 9.06. The zero-order valence-corrected chi connectivity index (χ0v) is 23.6. The molecule has 0 radical (unpaired) electrons. The molecule has 41 heavy (non-hydrogen) atoms. The average Bonchev–Trinajstić information content (AvgIpc) is 3.00. The van der Waals surface area contributed by atoms with Gasteiger partial charge >= 0.3 is 5.97 Å². The molecule has 5 rings (SSSR count). The molecule has 10 heteroatoms. The van der Waals surface area contributed by atoms with Gasteiger partial charge in [-0.2, -0.15) is 0 Å². The van der Waals surface area contributed by atoms with Crippen LogP contribution in [0.4, 0.5) is 5.69 Å². The quantitative estimate of drug-likeness (QED) is 0.192. The molecule has 0 amide bonds. The largest absolute Gasteiger partial charge is 0.478 e. The van der Waals surface area contributed by atoms with Crippen LogP contribution in [0.1, 0.15) is 45.9 Å². The molecule has 1 unspecified atom stereocenters. The molecule has 0 spiro atoms. The van der Waals surface area contributed by atoms with E-state index < -0.39 is 22.3 Å². The van der Waals surface area contributed by atoms with Crippen LogP contribution >= 0.6 is 11.8 Å². The number of carbonyl (C=O) groups is 1. The van der Waals surface area contributed by atoms with Crippen molar-refractivity contribution < 1.29 is 32.9 Å². The van der Waals surface area contributed by atoms with Crippen molar-refractivity contribution in [2.45, 2.75) is 41.3 Å². The van der Waals surface area contributed by atoms with E-state index in [1.54, 1.807) is 72.4 Å². The fraction of sp³-hybridized carbons (Fsp3) is 0.194. The molecule has 4 aromatic rings. The van der Waals surface area contributed by atoms with Gasteiger partial charge in [-0.25, -0.2) is 13.2 Å². The fourth-order valence-electron chi connectivity index (χ4n) is 4.47. The van der Waals surface area contributed by atoms with Crippen LogP contribution in [0.15, 0.2) is 113 Å². The number of ether oxygens (including phenoxy) is 2. The Bertz CT molecular complexity index is 1580. The summed E-state index contributed by atoms with van der Waals surface area (Å²) in [5, 5.41) is 18.6. The number of aliphatic hydroxyl groups is 1. The van der Waals surface area contributed by atoms with Crippen LogP contribution in [0, 0.1) is 0 Å². The molecule has 0 bridgehead atoms. The summed E-state index contributed by atoms with van der Waals surface area (Å²) in [6.45, 7) is -0.0524. The Morgan fingerprint density at radius 3 is 2.29 bits per heavy atom. The number of rotatable bonds is 10. The summed E-state index contributed by atoms with van der Waals surface area (Å²) in [6.07, 6.45) is -0.696. The van der Waals surface area contributed by atoms with Gasteiger partial charge < -0.3 is 19.7 Å². The van der Waals surface area contributed by atoms with Crippen LogP contribution in [-0.2, 0) is 26.1 Å². The SMILES string of the molecule is O=C(O)c1ccc(SC[C@@H]2C[C@H](c3ccc(CO)cc3)OC(c3cccc(NS(=O)(=O)c4ccccc4)c3)O2)cc1. The van der Waals surface area contributed by atoms with Crippen molar-refractivity contribution in [3.8, 4) is 0 Å². The van der Waals surface area contributed by atoms with E-state index in [9.17, 15) is 18.3 Å². The van der Waals surface area contributed by atoms with Gasteiger partial charge in [0.1, 0.15) is 0 Å². The summed E-state index contributed by atoms with van der Waals surface area (Å²) in [7, 11) is -3.77. The maximum absolute atomic E-state index is 12.9. The van der Waals surface area contributed by atoms with E-state index in [4.69, 9.17) is 14.6 Å². The number of benzene rings is 4. The van der Waals surface area contributed by atoms with E-state index in [2.05, 4.69) is 4.72 Å². The maximum atomic E-state index is 12.9. The number of nitrogens with one attached hydrogen (secondary N) is 1. The Morgan fingerprint density at radius 1 is 0.878 bits per heavy atom. The number of anilines is 1. The average molecular weight is 592 g/mol. The molecular weight excluding hydrogens is 562 g/mol. The molecule has 4 aromatic carbocycles. The van der Waals surface area contributed by atoms with Crippen molar-refractivity contribution in [2.75, 3.05) is 10.5 Å². The first-order valence-electron chi connectivity index (χ1n) is 13.0. The molecule has 8 nitrogen and oxygen atoms in total. The van der Waals surface area contributed by atoms with E-state index in [1.165, 1.54) is 12.1 Å². The van der Waals surface area contributed by atoms with E-state index in [-0.39, 0.29) is 29.3 Å². The maximum Gasteiger partial charge on any atom is 0.335 e. The number of hydrogen-bond donors (Lipinski definition) is 3. The predicted molar refractivity (Wildman–Crippen MR) is 156 cm³/mol. The van der Waals surface area contributed by atoms with Crippen LogP contribution in [0.25, 0.3) is 0 Å². The summed E-state index contributed by atoms with van der Waals surface area (Å²) < 4.78 is 41.2. The topological polar surface area (TPSA) is 122 Å². The molecular formula is C31H29NO7S2. The van der Waals surface area contributed by atoms with Crippen molar-refractivity contribution in [3.05, 3.63) is 125 Å². The van der Waals surface area contributed by atoms with Gasteiger partial charge in [0, 0.05) is 28.3 Å². The standard InChI is InChI=1S/C31H29NO7S2/c33-19-21-9-11-22(12-10-21)29-18-26(20-40-27-15-13-23(14-16-27)30(34)35)38-31(39-29)24-5-4-6-25(17-24)32-41(36,37)28-7-2-1-3-8-28/h1-17,26,29,31-33H,18-20H2,(H,34,35)/t26-,29+,31?/m0/s1. The van der Waals surface area contributed by atoms with Gasteiger partial charge in [0.25, 0.3) is 10.0 Å². The normalized spacial score (nSPS) is 19.0. The second kappa shape index (κ2) is 12.9. The third kappa shape index (κ3) is 7.35. The molecule has 1 heterocycles. The van der Waals surface area contributed by atoms with Gasteiger partial charge in [-0.05, 0) is 59.7 Å². The van der Waals surface area contributed by atoms with Crippen LogP contribution < -0.4 is 4.72 Å². The highest BCUT2D eigenvalue weighted by Crippen LogP contribution is 2.40. The lowest BCUT2D eigenvalue weighted by Gasteiger charge is -2.36. The number of hydrogen-bond acceptors (Lipinski definition) is 7. The van der Waals surface area contributed by atoms with Crippen LogP contribution in [0.2, 0.25) is 0 Å². The third-order valence-electron chi connectivity index (χ3n) is 6.62. The molecule has 0 saturated carbocycles. The minimum atomic E-state index is -3.77. The smallest absolute Gasteiger partial charge is 0.335 e. The van der Waals surface area contributed by atoms with Crippen molar-refractivity contribution in [2.24, 2.45) is 0 Å². The highest BCUT2D eigenvalue weighted by Gasteiger charge is 2.32. The Morgan fingerprint density at radius 2 is 1.61 bits per heavy atom. The zero-order valence-electron chi connectivity index (χ0n) is 21.9. The van der Waals surface area contributed by atoms with Gasteiger partial charge in [0.15, 0.2) is 6.29 Å². The Labute approximate surface area is 243 Å². The number of sulfonamides is 1. The van der Waals surface area contributed by atoms with E-state index >= 15 is 0 Å².